The molecule has 0 radical (unpaired) electrons. The Morgan fingerprint density at radius 3 is 2.47 bits per heavy atom. The van der Waals surface area contributed by atoms with Crippen LogP contribution in [0.15, 0.2) is 42.5 Å². The summed E-state index contributed by atoms with van der Waals surface area (Å²) in [5.74, 6) is 0. The first kappa shape index (κ1) is 12.8. The Kier molecular flexibility index (Phi) is 3.58. The first-order chi connectivity index (χ1) is 9.10. The van der Waals surface area contributed by atoms with Crippen LogP contribution >= 0.6 is 0 Å². The second-order valence-electron chi connectivity index (χ2n) is 4.48. The topological polar surface area (TPSA) is 65.1 Å². The average molecular weight is 252 g/mol. The highest BCUT2D eigenvalue weighted by atomic mass is 15.1. The molecule has 0 fully saturated rings. The molecule has 0 aliphatic heterocycles. The van der Waals surface area contributed by atoms with E-state index >= 15 is 0 Å². The van der Waals surface area contributed by atoms with Gasteiger partial charge in [0.15, 0.2) is 0 Å². The van der Waals surface area contributed by atoms with Gasteiger partial charge in [-0.2, -0.15) is 5.26 Å². The van der Waals surface area contributed by atoms with E-state index in [0.717, 1.165) is 17.1 Å². The molecule has 0 bridgehead atoms. The molecule has 3 N–H and O–H groups in total. The maximum absolute atomic E-state index is 8.84. The molecule has 0 heterocycles. The lowest BCUT2D eigenvalue weighted by atomic mass is 10.1. The second-order valence-corrected chi connectivity index (χ2v) is 4.48. The van der Waals surface area contributed by atoms with E-state index in [9.17, 15) is 0 Å². The minimum atomic E-state index is 0.483. The number of nitrogens with zero attached hydrogens (tertiary/aromatic N) is 2. The summed E-state index contributed by atoms with van der Waals surface area (Å²) in [7, 11) is 4.00. The van der Waals surface area contributed by atoms with Crippen LogP contribution in [0.25, 0.3) is 0 Å². The highest BCUT2D eigenvalue weighted by molar-refractivity contribution is 5.69. The predicted molar refractivity (Wildman–Crippen MR) is 79.6 cm³/mol. The summed E-state index contributed by atoms with van der Waals surface area (Å²) in [5, 5.41) is 12.1. The Morgan fingerprint density at radius 2 is 1.84 bits per heavy atom. The first-order valence-corrected chi connectivity index (χ1v) is 5.94. The van der Waals surface area contributed by atoms with Gasteiger partial charge in [0.05, 0.1) is 11.3 Å². The number of nitrogens with two attached hydrogens (primary N) is 1. The van der Waals surface area contributed by atoms with E-state index in [-0.39, 0.29) is 0 Å². The van der Waals surface area contributed by atoms with Crippen LogP contribution in [-0.4, -0.2) is 14.1 Å². The Hall–Kier alpha value is -2.67. The van der Waals surface area contributed by atoms with Gasteiger partial charge >= 0.3 is 0 Å². The van der Waals surface area contributed by atoms with Gasteiger partial charge in [0, 0.05) is 31.2 Å². The smallest absolute Gasteiger partial charge is 0.101 e. The monoisotopic (exact) mass is 252 g/mol. The van der Waals surface area contributed by atoms with Crippen LogP contribution in [-0.2, 0) is 0 Å². The van der Waals surface area contributed by atoms with Crippen LogP contribution < -0.4 is 16.0 Å². The largest absolute Gasteiger partial charge is 0.398 e. The number of nitrogen functional groups attached to an aromatic ring is 1. The van der Waals surface area contributed by atoms with Crippen molar-refractivity contribution in [1.29, 1.82) is 5.26 Å². The van der Waals surface area contributed by atoms with Crippen molar-refractivity contribution in [3.05, 3.63) is 48.0 Å². The van der Waals surface area contributed by atoms with E-state index < -0.39 is 0 Å². The van der Waals surface area contributed by atoms with Crippen molar-refractivity contribution < 1.29 is 0 Å². The second kappa shape index (κ2) is 5.32. The van der Waals surface area contributed by atoms with Crippen LogP contribution in [0.3, 0.4) is 0 Å². The van der Waals surface area contributed by atoms with Crippen LogP contribution in [0.1, 0.15) is 5.56 Å². The molecule has 4 heteroatoms. The number of nitrogens with one attached hydrogen (secondary N) is 1. The quantitative estimate of drug-likeness (QED) is 0.824. The van der Waals surface area contributed by atoms with Crippen LogP contribution in [0.5, 0.6) is 0 Å². The number of benzene rings is 2. The summed E-state index contributed by atoms with van der Waals surface area (Å²) in [6.45, 7) is 0. The lowest BCUT2D eigenvalue weighted by Gasteiger charge is -2.14. The number of hydrogen-bond acceptors (Lipinski definition) is 4. The SMILES string of the molecule is CN(C)c1cccc(Nc2ccc(C#N)c(N)c2)c1. The Labute approximate surface area is 113 Å². The minimum absolute atomic E-state index is 0.483. The standard InChI is InChI=1S/C15H16N4/c1-19(2)14-5-3-4-12(8-14)18-13-7-6-11(10-16)15(17)9-13/h3-9,18H,17H2,1-2H3. The summed E-state index contributed by atoms with van der Waals surface area (Å²) in [6.07, 6.45) is 0. The average Bonchev–Trinajstić information content (AvgIpc) is 2.39. The van der Waals surface area contributed by atoms with Crippen molar-refractivity contribution >= 4 is 22.7 Å². The Bertz CT molecular complexity index is 626. The van der Waals surface area contributed by atoms with Crippen molar-refractivity contribution in [2.75, 3.05) is 30.0 Å². The molecule has 2 aromatic carbocycles. The molecule has 0 amide bonds. The molecule has 0 spiro atoms. The fourth-order valence-corrected chi connectivity index (χ4v) is 1.77. The lowest BCUT2D eigenvalue weighted by molar-refractivity contribution is 1.13. The van der Waals surface area contributed by atoms with Crippen molar-refractivity contribution in [2.45, 2.75) is 0 Å². The van der Waals surface area contributed by atoms with Gasteiger partial charge in [-0.05, 0) is 36.4 Å². The molecule has 0 unspecified atom stereocenters. The van der Waals surface area contributed by atoms with Gasteiger partial charge in [0.1, 0.15) is 6.07 Å². The van der Waals surface area contributed by atoms with Gasteiger partial charge in [0.25, 0.3) is 0 Å². The maximum atomic E-state index is 8.84. The number of rotatable bonds is 3. The Morgan fingerprint density at radius 1 is 1.11 bits per heavy atom. The van der Waals surface area contributed by atoms with E-state index in [4.69, 9.17) is 11.0 Å². The summed E-state index contributed by atoms with van der Waals surface area (Å²) in [6, 6.07) is 15.4. The molecule has 4 nitrogen and oxygen atoms in total. The van der Waals surface area contributed by atoms with Gasteiger partial charge in [-0.3, -0.25) is 0 Å². The molecule has 0 saturated heterocycles. The fraction of sp³-hybridized carbons (Fsp3) is 0.133. The first-order valence-electron chi connectivity index (χ1n) is 5.94. The zero-order valence-corrected chi connectivity index (χ0v) is 11.0. The molecule has 0 aliphatic rings. The zero-order chi connectivity index (χ0) is 13.8. The molecule has 0 atom stereocenters. The lowest BCUT2D eigenvalue weighted by Crippen LogP contribution is -2.08. The van der Waals surface area contributed by atoms with Gasteiger partial charge in [-0.1, -0.05) is 6.07 Å². The van der Waals surface area contributed by atoms with Gasteiger partial charge in [0.2, 0.25) is 0 Å². The van der Waals surface area contributed by atoms with E-state index in [1.165, 1.54) is 0 Å². The van der Waals surface area contributed by atoms with Crippen molar-refractivity contribution in [2.24, 2.45) is 0 Å². The minimum Gasteiger partial charge on any atom is -0.398 e. The van der Waals surface area contributed by atoms with E-state index in [0.29, 0.717) is 11.3 Å². The number of hydrogen-bond donors (Lipinski definition) is 2. The fourth-order valence-electron chi connectivity index (χ4n) is 1.77. The van der Waals surface area contributed by atoms with E-state index in [1.807, 2.05) is 49.3 Å². The molecular weight excluding hydrogens is 236 g/mol. The predicted octanol–water partition coefficient (Wildman–Crippen LogP) is 2.95. The van der Waals surface area contributed by atoms with Gasteiger partial charge in [-0.25, -0.2) is 0 Å². The summed E-state index contributed by atoms with van der Waals surface area (Å²) in [4.78, 5) is 2.04. The van der Waals surface area contributed by atoms with E-state index in [2.05, 4.69) is 11.4 Å². The maximum Gasteiger partial charge on any atom is 0.101 e. The highest BCUT2D eigenvalue weighted by Crippen LogP contribution is 2.24. The van der Waals surface area contributed by atoms with Crippen molar-refractivity contribution in [3.63, 3.8) is 0 Å². The van der Waals surface area contributed by atoms with Crippen molar-refractivity contribution in [3.8, 4) is 6.07 Å². The highest BCUT2D eigenvalue weighted by Gasteiger charge is 2.02. The molecular formula is C15H16N4. The molecule has 19 heavy (non-hydrogen) atoms. The molecule has 0 aliphatic carbocycles. The Balaban J connectivity index is 2.24. The zero-order valence-electron chi connectivity index (χ0n) is 11.0. The third-order valence-corrected chi connectivity index (χ3v) is 2.82. The van der Waals surface area contributed by atoms with Gasteiger partial charge < -0.3 is 16.0 Å². The molecule has 0 saturated carbocycles. The molecule has 2 rings (SSSR count). The van der Waals surface area contributed by atoms with Crippen LogP contribution in [0, 0.1) is 11.3 Å². The normalized spacial score (nSPS) is 9.74. The summed E-state index contributed by atoms with van der Waals surface area (Å²) >= 11 is 0. The van der Waals surface area contributed by atoms with Crippen LogP contribution in [0.2, 0.25) is 0 Å². The van der Waals surface area contributed by atoms with Crippen LogP contribution in [0.4, 0.5) is 22.7 Å². The number of nitriles is 1. The summed E-state index contributed by atoms with van der Waals surface area (Å²) < 4.78 is 0. The van der Waals surface area contributed by atoms with E-state index in [1.54, 1.807) is 12.1 Å². The third-order valence-electron chi connectivity index (χ3n) is 2.82. The van der Waals surface area contributed by atoms with Gasteiger partial charge in [-0.15, -0.1) is 0 Å². The summed E-state index contributed by atoms with van der Waals surface area (Å²) in [5.41, 5.74) is 9.74. The van der Waals surface area contributed by atoms with Crippen molar-refractivity contribution in [1.82, 2.24) is 0 Å². The third kappa shape index (κ3) is 2.96. The number of anilines is 4. The molecule has 2 aromatic rings. The molecule has 96 valence electrons. The molecule has 0 aromatic heterocycles.